The summed E-state index contributed by atoms with van der Waals surface area (Å²) in [6.45, 7) is 4.13. The molecule has 152 valence electrons. The Morgan fingerprint density at radius 1 is 1.07 bits per heavy atom. The summed E-state index contributed by atoms with van der Waals surface area (Å²) in [7, 11) is 0. The van der Waals surface area contributed by atoms with E-state index in [1.165, 1.54) is 0 Å². The van der Waals surface area contributed by atoms with E-state index in [4.69, 9.17) is 4.74 Å². The van der Waals surface area contributed by atoms with Gasteiger partial charge in [0, 0.05) is 55.6 Å². The van der Waals surface area contributed by atoms with Crippen LogP contribution in [0.4, 0.5) is 11.5 Å². The molecule has 0 aliphatic carbocycles. The number of nitrogens with zero attached hydrogens (tertiary/aromatic N) is 3. The van der Waals surface area contributed by atoms with Crippen molar-refractivity contribution >= 4 is 23.3 Å². The average Bonchev–Trinajstić information content (AvgIpc) is 2.79. The fourth-order valence-corrected chi connectivity index (χ4v) is 3.78. The van der Waals surface area contributed by atoms with Crippen LogP contribution in [0.5, 0.6) is 0 Å². The Labute approximate surface area is 170 Å². The molecule has 0 unspecified atom stereocenters. The molecular weight excluding hydrogens is 368 g/mol. The van der Waals surface area contributed by atoms with Gasteiger partial charge in [-0.1, -0.05) is 6.07 Å². The number of morpholine rings is 1. The molecule has 3 heterocycles. The van der Waals surface area contributed by atoms with Crippen molar-refractivity contribution in [1.82, 2.24) is 10.3 Å². The fraction of sp³-hybridized carbons (Fsp3) is 0.409. The predicted octanol–water partition coefficient (Wildman–Crippen LogP) is 2.37. The van der Waals surface area contributed by atoms with Gasteiger partial charge < -0.3 is 19.9 Å². The third-order valence-corrected chi connectivity index (χ3v) is 5.38. The van der Waals surface area contributed by atoms with Crippen molar-refractivity contribution in [1.29, 1.82) is 0 Å². The second kappa shape index (κ2) is 9.05. The van der Waals surface area contributed by atoms with Gasteiger partial charge in [0.2, 0.25) is 5.91 Å². The number of anilines is 2. The van der Waals surface area contributed by atoms with Crippen molar-refractivity contribution in [2.75, 3.05) is 42.6 Å². The van der Waals surface area contributed by atoms with Crippen molar-refractivity contribution < 1.29 is 14.3 Å². The van der Waals surface area contributed by atoms with E-state index in [0.29, 0.717) is 31.7 Å². The fourth-order valence-electron chi connectivity index (χ4n) is 3.78. The number of benzene rings is 1. The molecule has 1 N–H and O–H groups in total. The molecule has 0 saturated carbocycles. The molecule has 0 atom stereocenters. The van der Waals surface area contributed by atoms with Gasteiger partial charge in [0.25, 0.3) is 5.91 Å². The largest absolute Gasteiger partial charge is 0.378 e. The van der Waals surface area contributed by atoms with Gasteiger partial charge in [-0.15, -0.1) is 0 Å². The maximum Gasteiger partial charge on any atom is 0.251 e. The molecule has 7 heteroatoms. The number of hydrogen-bond acceptors (Lipinski definition) is 5. The lowest BCUT2D eigenvalue weighted by atomic mass is 10.1. The Morgan fingerprint density at radius 3 is 2.62 bits per heavy atom. The van der Waals surface area contributed by atoms with Gasteiger partial charge in [0.15, 0.2) is 0 Å². The van der Waals surface area contributed by atoms with E-state index < -0.39 is 0 Å². The summed E-state index contributed by atoms with van der Waals surface area (Å²) in [6, 6.07) is 11.1. The van der Waals surface area contributed by atoms with Gasteiger partial charge in [0.05, 0.1) is 13.2 Å². The van der Waals surface area contributed by atoms with Gasteiger partial charge in [-0.25, -0.2) is 4.98 Å². The summed E-state index contributed by atoms with van der Waals surface area (Å²) in [5.41, 5.74) is 2.42. The molecule has 2 aliphatic rings. The maximum atomic E-state index is 12.6. The smallest absolute Gasteiger partial charge is 0.251 e. The van der Waals surface area contributed by atoms with E-state index in [-0.39, 0.29) is 11.8 Å². The first-order chi connectivity index (χ1) is 14.2. The predicted molar refractivity (Wildman–Crippen MR) is 111 cm³/mol. The van der Waals surface area contributed by atoms with Crippen LogP contribution in [0.3, 0.4) is 0 Å². The Balaban J connectivity index is 1.39. The number of piperidine rings is 1. The molecule has 29 heavy (non-hydrogen) atoms. The van der Waals surface area contributed by atoms with Gasteiger partial charge in [-0.05, 0) is 43.2 Å². The first-order valence-corrected chi connectivity index (χ1v) is 10.2. The van der Waals surface area contributed by atoms with Crippen molar-refractivity contribution in [3.63, 3.8) is 0 Å². The van der Waals surface area contributed by atoms with Gasteiger partial charge in [0.1, 0.15) is 5.82 Å². The monoisotopic (exact) mass is 394 g/mol. The van der Waals surface area contributed by atoms with Crippen molar-refractivity contribution in [3.05, 3.63) is 53.7 Å². The summed E-state index contributed by atoms with van der Waals surface area (Å²) in [5, 5.41) is 2.99. The van der Waals surface area contributed by atoms with Crippen molar-refractivity contribution in [2.24, 2.45) is 0 Å². The number of rotatable bonds is 5. The van der Waals surface area contributed by atoms with E-state index in [0.717, 1.165) is 49.5 Å². The molecule has 1 aromatic carbocycles. The van der Waals surface area contributed by atoms with Crippen molar-refractivity contribution in [2.45, 2.75) is 25.8 Å². The molecule has 1 aromatic heterocycles. The van der Waals surface area contributed by atoms with Gasteiger partial charge >= 0.3 is 0 Å². The van der Waals surface area contributed by atoms with E-state index in [1.807, 2.05) is 24.3 Å². The van der Waals surface area contributed by atoms with Gasteiger partial charge in [-0.3, -0.25) is 9.59 Å². The highest BCUT2D eigenvalue weighted by Crippen LogP contribution is 2.22. The zero-order chi connectivity index (χ0) is 20.1. The number of hydrogen-bond donors (Lipinski definition) is 1. The number of amides is 2. The van der Waals surface area contributed by atoms with Crippen LogP contribution < -0.4 is 15.1 Å². The summed E-state index contributed by atoms with van der Waals surface area (Å²) in [5.74, 6) is 0.911. The maximum absolute atomic E-state index is 12.6. The minimum Gasteiger partial charge on any atom is -0.378 e. The standard InChI is InChI=1S/C22H26N4O3/c27-20-5-1-2-11-26(20)19-8-6-17(7-9-19)22(28)24-16-18-4-3-10-23-21(18)25-12-14-29-15-13-25/h3-4,6-10H,1-2,5,11-16H2,(H,24,28). The number of carbonyl (C=O) groups is 2. The molecule has 2 aliphatic heterocycles. The quantitative estimate of drug-likeness (QED) is 0.843. The summed E-state index contributed by atoms with van der Waals surface area (Å²) >= 11 is 0. The number of carbonyl (C=O) groups excluding carboxylic acids is 2. The number of nitrogens with one attached hydrogen (secondary N) is 1. The minimum atomic E-state index is -0.140. The lowest BCUT2D eigenvalue weighted by molar-refractivity contribution is -0.119. The van der Waals surface area contributed by atoms with Crippen LogP contribution in [0, 0.1) is 0 Å². The van der Waals surface area contributed by atoms with Crippen LogP contribution in [0.25, 0.3) is 0 Å². The number of ether oxygens (including phenoxy) is 1. The molecule has 0 spiro atoms. The molecule has 4 rings (SSSR count). The Hall–Kier alpha value is -2.93. The van der Waals surface area contributed by atoms with Crippen LogP contribution in [0.2, 0.25) is 0 Å². The summed E-state index contributed by atoms with van der Waals surface area (Å²) in [6.07, 6.45) is 4.34. The third-order valence-electron chi connectivity index (χ3n) is 5.38. The molecule has 2 aromatic rings. The first kappa shape index (κ1) is 19.4. The highest BCUT2D eigenvalue weighted by atomic mass is 16.5. The van der Waals surface area contributed by atoms with E-state index >= 15 is 0 Å². The topological polar surface area (TPSA) is 74.8 Å². The molecule has 0 bridgehead atoms. The second-order valence-corrected chi connectivity index (χ2v) is 7.32. The second-order valence-electron chi connectivity index (χ2n) is 7.32. The molecule has 0 radical (unpaired) electrons. The van der Waals surface area contributed by atoms with Crippen LogP contribution in [-0.4, -0.2) is 49.6 Å². The van der Waals surface area contributed by atoms with E-state index in [1.54, 1.807) is 23.2 Å². The zero-order valence-electron chi connectivity index (χ0n) is 16.5. The van der Waals surface area contributed by atoms with Gasteiger partial charge in [-0.2, -0.15) is 0 Å². The number of aromatic nitrogens is 1. The number of pyridine rings is 1. The average molecular weight is 394 g/mol. The Bertz CT molecular complexity index is 863. The molecule has 2 fully saturated rings. The zero-order valence-corrected chi connectivity index (χ0v) is 16.5. The Morgan fingerprint density at radius 2 is 1.86 bits per heavy atom. The minimum absolute atomic E-state index is 0.140. The summed E-state index contributed by atoms with van der Waals surface area (Å²) in [4.78, 5) is 33.2. The molecule has 2 amide bonds. The van der Waals surface area contributed by atoms with E-state index in [2.05, 4.69) is 15.2 Å². The lowest BCUT2D eigenvalue weighted by Gasteiger charge is -2.29. The lowest BCUT2D eigenvalue weighted by Crippen LogP contribution is -2.37. The molecular formula is C22H26N4O3. The van der Waals surface area contributed by atoms with Crippen molar-refractivity contribution in [3.8, 4) is 0 Å². The Kier molecular flexibility index (Phi) is 6.05. The third kappa shape index (κ3) is 4.56. The van der Waals surface area contributed by atoms with E-state index in [9.17, 15) is 9.59 Å². The van der Waals surface area contributed by atoms with Crippen LogP contribution >= 0.6 is 0 Å². The van der Waals surface area contributed by atoms with Crippen LogP contribution in [0.1, 0.15) is 35.2 Å². The highest BCUT2D eigenvalue weighted by Gasteiger charge is 2.20. The highest BCUT2D eigenvalue weighted by molar-refractivity contribution is 5.97. The summed E-state index contributed by atoms with van der Waals surface area (Å²) < 4.78 is 5.41. The normalized spacial score (nSPS) is 17.3. The van der Waals surface area contributed by atoms with Crippen LogP contribution in [-0.2, 0) is 16.1 Å². The molecule has 7 nitrogen and oxygen atoms in total. The van der Waals surface area contributed by atoms with Crippen LogP contribution in [0.15, 0.2) is 42.6 Å². The molecule has 2 saturated heterocycles. The first-order valence-electron chi connectivity index (χ1n) is 10.2. The SMILES string of the molecule is O=C(NCc1cccnc1N1CCOCC1)c1ccc(N2CCCCC2=O)cc1.